The van der Waals surface area contributed by atoms with E-state index in [-0.39, 0.29) is 44.6 Å². The Morgan fingerprint density at radius 2 is 2.00 bits per heavy atom. The number of hydrogen-bond acceptors (Lipinski definition) is 7. The molecule has 1 aromatic carbocycles. The van der Waals surface area contributed by atoms with Gasteiger partial charge in [-0.15, -0.1) is 0 Å². The summed E-state index contributed by atoms with van der Waals surface area (Å²) >= 11 is 0. The molecule has 4 N–H and O–H groups in total. The van der Waals surface area contributed by atoms with Crippen LogP contribution in [0.2, 0.25) is 0 Å². The van der Waals surface area contributed by atoms with Crippen LogP contribution in [0.4, 0.5) is 4.39 Å². The van der Waals surface area contributed by atoms with E-state index in [0.29, 0.717) is 24.9 Å². The van der Waals surface area contributed by atoms with Crippen molar-refractivity contribution in [3.63, 3.8) is 0 Å². The molecule has 0 radical (unpaired) electrons. The Hall–Kier alpha value is -1.63. The van der Waals surface area contributed by atoms with Crippen molar-refractivity contribution >= 4 is 15.9 Å². The van der Waals surface area contributed by atoms with E-state index in [9.17, 15) is 22.7 Å². The number of halogens is 1. The smallest absolute Gasteiger partial charge is 0.278 e. The van der Waals surface area contributed by atoms with Crippen LogP contribution < -0.4 is 10.8 Å². The zero-order valence-electron chi connectivity index (χ0n) is 15.9. The number of piperidine rings is 2. The van der Waals surface area contributed by atoms with Gasteiger partial charge in [0.15, 0.2) is 5.60 Å². The molecule has 2 saturated heterocycles. The number of aliphatic hydroxyl groups is 1. The van der Waals surface area contributed by atoms with Crippen molar-refractivity contribution in [2.45, 2.75) is 42.8 Å². The highest BCUT2D eigenvalue weighted by Crippen LogP contribution is 2.29. The molecule has 2 unspecified atom stereocenters. The zero-order chi connectivity index (χ0) is 21.1. The minimum Gasteiger partial charge on any atom is -0.377 e. The van der Waals surface area contributed by atoms with Gasteiger partial charge in [0.2, 0.25) is 10.0 Å². The van der Waals surface area contributed by atoms with E-state index in [2.05, 4.69) is 5.32 Å². The first-order valence-electron chi connectivity index (χ1n) is 9.50. The average Bonchev–Trinajstić information content (AvgIpc) is 2.73. The number of nitrogens with one attached hydrogen (secondary N) is 2. The van der Waals surface area contributed by atoms with Crippen molar-refractivity contribution in [3.8, 4) is 0 Å². The first-order chi connectivity index (χ1) is 13.8. The lowest BCUT2D eigenvalue weighted by Crippen LogP contribution is -2.67. The second-order valence-electron chi connectivity index (χ2n) is 7.37. The fourth-order valence-electron chi connectivity index (χ4n) is 3.84. The number of carbonyl (C=O) groups excluding carboxylic acids is 1. The predicted octanol–water partition coefficient (Wildman–Crippen LogP) is -0.265. The van der Waals surface area contributed by atoms with Gasteiger partial charge in [0, 0.05) is 25.2 Å². The molecule has 2 atom stereocenters. The summed E-state index contributed by atoms with van der Waals surface area (Å²) in [5.41, 5.74) is -0.456. The van der Waals surface area contributed by atoms with E-state index in [4.69, 9.17) is 9.94 Å². The van der Waals surface area contributed by atoms with Crippen LogP contribution in [-0.4, -0.2) is 72.1 Å². The van der Waals surface area contributed by atoms with Gasteiger partial charge >= 0.3 is 0 Å². The molecule has 3 rings (SSSR count). The van der Waals surface area contributed by atoms with Gasteiger partial charge in [-0.25, -0.2) is 22.6 Å². The topological polar surface area (TPSA) is 128 Å². The number of carbonyl (C=O) groups is 1. The molecule has 2 aliphatic rings. The third kappa shape index (κ3) is 4.60. The van der Waals surface area contributed by atoms with Crippen LogP contribution >= 0.6 is 0 Å². The number of benzene rings is 1. The average molecular weight is 431 g/mol. The Bertz CT molecular complexity index is 831. The summed E-state index contributed by atoms with van der Waals surface area (Å²) in [4.78, 5) is 11.9. The second-order valence-corrected chi connectivity index (χ2v) is 9.48. The summed E-state index contributed by atoms with van der Waals surface area (Å²) in [6, 6.07) is 6.32. The molecule has 0 aromatic heterocycles. The van der Waals surface area contributed by atoms with Crippen molar-refractivity contribution in [3.05, 3.63) is 35.6 Å². The number of rotatable bonds is 6. The van der Waals surface area contributed by atoms with E-state index < -0.39 is 26.8 Å². The monoisotopic (exact) mass is 431 g/mol. The fourth-order valence-corrected chi connectivity index (χ4v) is 6.02. The molecule has 29 heavy (non-hydrogen) atoms. The van der Waals surface area contributed by atoms with E-state index in [1.54, 1.807) is 18.2 Å². The summed E-state index contributed by atoms with van der Waals surface area (Å²) in [6.07, 6.45) is 0.663. The number of hydroxylamine groups is 1. The molecule has 9 nitrogen and oxygen atoms in total. The van der Waals surface area contributed by atoms with Gasteiger partial charge < -0.3 is 15.2 Å². The fraction of sp³-hybridized carbons (Fsp3) is 0.611. The lowest BCUT2D eigenvalue weighted by molar-refractivity contribution is -0.150. The molecule has 2 fully saturated rings. The third-order valence-electron chi connectivity index (χ3n) is 5.56. The van der Waals surface area contributed by atoms with E-state index in [1.165, 1.54) is 15.9 Å². The van der Waals surface area contributed by atoms with Gasteiger partial charge in [0.1, 0.15) is 11.1 Å². The van der Waals surface area contributed by atoms with Crippen LogP contribution in [0.3, 0.4) is 0 Å². The van der Waals surface area contributed by atoms with E-state index >= 15 is 0 Å². The van der Waals surface area contributed by atoms with E-state index in [1.807, 2.05) is 0 Å². The minimum absolute atomic E-state index is 0.0377. The molecular weight excluding hydrogens is 405 g/mol. The number of ether oxygens (including phenoxy) is 1. The van der Waals surface area contributed by atoms with Gasteiger partial charge in [-0.05, 0) is 31.9 Å². The SMILES string of the molecule is O=C(NO)C1(O)CNCCC1S(=O)(=O)N1CCC(OCc2ccccc2F)CC1. The van der Waals surface area contributed by atoms with Crippen molar-refractivity contribution < 1.29 is 32.7 Å². The van der Waals surface area contributed by atoms with Gasteiger partial charge in [-0.1, -0.05) is 18.2 Å². The molecule has 2 heterocycles. The van der Waals surface area contributed by atoms with Crippen LogP contribution in [0.1, 0.15) is 24.8 Å². The zero-order valence-corrected chi connectivity index (χ0v) is 16.7. The maximum Gasteiger partial charge on any atom is 0.278 e. The van der Waals surface area contributed by atoms with Crippen LogP contribution in [0, 0.1) is 5.82 Å². The largest absolute Gasteiger partial charge is 0.377 e. The lowest BCUT2D eigenvalue weighted by atomic mass is 9.93. The van der Waals surface area contributed by atoms with Crippen LogP contribution in [0.15, 0.2) is 24.3 Å². The second kappa shape index (κ2) is 9.02. The summed E-state index contributed by atoms with van der Waals surface area (Å²) in [7, 11) is -3.99. The van der Waals surface area contributed by atoms with Crippen molar-refractivity contribution in [1.82, 2.24) is 15.1 Å². The molecule has 1 amide bonds. The molecule has 2 aliphatic heterocycles. The lowest BCUT2D eigenvalue weighted by Gasteiger charge is -2.41. The maximum atomic E-state index is 13.7. The molecular formula is C18H26FN3O6S. The van der Waals surface area contributed by atoms with E-state index in [0.717, 1.165) is 0 Å². The summed E-state index contributed by atoms with van der Waals surface area (Å²) < 4.78 is 46.9. The number of sulfonamides is 1. The van der Waals surface area contributed by atoms with Crippen LogP contribution in [0.25, 0.3) is 0 Å². The van der Waals surface area contributed by atoms with Crippen LogP contribution in [-0.2, 0) is 26.2 Å². The highest BCUT2D eigenvalue weighted by atomic mass is 32.2. The molecule has 0 bridgehead atoms. The van der Waals surface area contributed by atoms with Gasteiger partial charge in [-0.3, -0.25) is 10.0 Å². The van der Waals surface area contributed by atoms with Gasteiger partial charge in [0.05, 0.1) is 12.7 Å². The van der Waals surface area contributed by atoms with Crippen molar-refractivity contribution in [1.29, 1.82) is 0 Å². The molecule has 0 saturated carbocycles. The number of β-amino-alcohol motifs (C(OH)–C–C–N with tert-alkyl or cyclic N) is 1. The molecule has 1 aromatic rings. The Balaban J connectivity index is 1.61. The Morgan fingerprint density at radius 1 is 1.31 bits per heavy atom. The summed E-state index contributed by atoms with van der Waals surface area (Å²) in [6.45, 7) is 0.503. The standard InChI is InChI=1S/C18H26FN3O6S/c19-15-4-2-1-3-13(15)11-28-14-6-9-22(10-7-14)29(26,27)16-5-8-20-12-18(16,24)17(23)21-25/h1-4,14,16,20,24-25H,5-12H2,(H,21,23). The molecule has 11 heteroatoms. The highest BCUT2D eigenvalue weighted by Gasteiger charge is 2.53. The van der Waals surface area contributed by atoms with Gasteiger partial charge in [-0.2, -0.15) is 0 Å². The minimum atomic E-state index is -3.99. The Kier molecular flexibility index (Phi) is 6.87. The Labute approximate surface area is 168 Å². The normalized spacial score (nSPS) is 26.9. The summed E-state index contributed by atoms with van der Waals surface area (Å²) in [5.74, 6) is -1.50. The number of hydrogen-bond donors (Lipinski definition) is 4. The van der Waals surface area contributed by atoms with Crippen LogP contribution in [0.5, 0.6) is 0 Å². The predicted molar refractivity (Wildman–Crippen MR) is 101 cm³/mol. The maximum absolute atomic E-state index is 13.7. The highest BCUT2D eigenvalue weighted by molar-refractivity contribution is 7.89. The number of nitrogens with zero attached hydrogens (tertiary/aromatic N) is 1. The van der Waals surface area contributed by atoms with Crippen molar-refractivity contribution in [2.24, 2.45) is 0 Å². The summed E-state index contributed by atoms with van der Waals surface area (Å²) in [5, 5.41) is 21.0. The molecule has 0 aliphatic carbocycles. The third-order valence-corrected chi connectivity index (χ3v) is 7.99. The quantitative estimate of drug-likeness (QED) is 0.361. The Morgan fingerprint density at radius 3 is 2.66 bits per heavy atom. The van der Waals surface area contributed by atoms with Crippen molar-refractivity contribution in [2.75, 3.05) is 26.2 Å². The molecule has 0 spiro atoms. The molecule has 162 valence electrons. The first-order valence-corrected chi connectivity index (χ1v) is 11.0. The van der Waals surface area contributed by atoms with Gasteiger partial charge in [0.25, 0.3) is 5.91 Å². The number of amides is 1. The first kappa shape index (κ1) is 22.1.